The summed E-state index contributed by atoms with van der Waals surface area (Å²) in [4.78, 5) is 15.3. The van der Waals surface area contributed by atoms with Crippen molar-refractivity contribution in [2.75, 3.05) is 28.0 Å². The number of hydrogen-bond donors (Lipinski definition) is 2. The molecule has 0 saturated carbocycles. The van der Waals surface area contributed by atoms with Crippen molar-refractivity contribution in [3.8, 4) is 11.1 Å². The second-order valence-electron chi connectivity index (χ2n) is 10.7. The molecule has 0 heterocycles. The van der Waals surface area contributed by atoms with Gasteiger partial charge in [-0.2, -0.15) is 21.6 Å². The van der Waals surface area contributed by atoms with Gasteiger partial charge in [0.05, 0.1) is 23.5 Å². The quantitative estimate of drug-likeness (QED) is 0.253. The zero-order valence-electron chi connectivity index (χ0n) is 23.3. The third-order valence-electron chi connectivity index (χ3n) is 6.05. The SMILES string of the molecule is Cc1ccc(CC(=O)Nc2cc(-c3ccccc3NS(=O)(=O)C(F)(F)F)ccc2N(CC(C)C)CC(C)C)cc1. The fraction of sp³-hybridized carbons (Fsp3) is 0.367. The van der Waals surface area contributed by atoms with Crippen LogP contribution in [0.4, 0.5) is 30.2 Å². The molecule has 3 aromatic rings. The lowest BCUT2D eigenvalue weighted by molar-refractivity contribution is -0.115. The van der Waals surface area contributed by atoms with Gasteiger partial charge in [0.2, 0.25) is 5.91 Å². The summed E-state index contributed by atoms with van der Waals surface area (Å²) < 4.78 is 64.7. The van der Waals surface area contributed by atoms with Crippen LogP contribution in [0.1, 0.15) is 38.8 Å². The molecule has 0 radical (unpaired) electrons. The lowest BCUT2D eigenvalue weighted by Crippen LogP contribution is -2.32. The van der Waals surface area contributed by atoms with Crippen LogP contribution in [0.15, 0.2) is 66.7 Å². The number of carbonyl (C=O) groups excluding carboxylic acids is 1. The maximum absolute atomic E-state index is 13.2. The van der Waals surface area contributed by atoms with Gasteiger partial charge in [0.25, 0.3) is 0 Å². The number of nitrogens with one attached hydrogen (secondary N) is 2. The Hall–Kier alpha value is -3.53. The van der Waals surface area contributed by atoms with Crippen LogP contribution in [0.3, 0.4) is 0 Å². The average Bonchev–Trinajstić information content (AvgIpc) is 2.84. The maximum atomic E-state index is 13.2. The second kappa shape index (κ2) is 12.8. The number of aryl methyl sites for hydroxylation is 1. The van der Waals surface area contributed by atoms with E-state index in [0.29, 0.717) is 23.1 Å². The molecule has 0 spiro atoms. The minimum Gasteiger partial charge on any atom is -0.369 e. The predicted octanol–water partition coefficient (Wildman–Crippen LogP) is 7.22. The molecule has 0 atom stereocenters. The molecule has 0 unspecified atom stereocenters. The molecule has 6 nitrogen and oxygen atoms in total. The number of carbonyl (C=O) groups is 1. The topological polar surface area (TPSA) is 78.5 Å². The first-order valence-corrected chi connectivity index (χ1v) is 14.6. The van der Waals surface area contributed by atoms with Gasteiger partial charge >= 0.3 is 15.5 Å². The molecule has 0 aliphatic rings. The standard InChI is InChI=1S/C30H36F3N3O3S/c1-20(2)18-36(19-21(3)4)28-15-14-24(17-27(28)34-29(37)16-23-12-10-22(5)11-13-23)25-8-6-7-9-26(25)35-40(38,39)30(31,32)33/h6-15,17,20-21,35H,16,18-19H2,1-5H3,(H,34,37). The molecular weight excluding hydrogens is 539 g/mol. The van der Waals surface area contributed by atoms with Gasteiger partial charge in [0.15, 0.2) is 0 Å². The predicted molar refractivity (Wildman–Crippen MR) is 156 cm³/mol. The van der Waals surface area contributed by atoms with Gasteiger partial charge < -0.3 is 10.2 Å². The highest BCUT2D eigenvalue weighted by atomic mass is 32.2. The maximum Gasteiger partial charge on any atom is 0.516 e. The fourth-order valence-electron chi connectivity index (χ4n) is 4.34. The third kappa shape index (κ3) is 8.24. The number of amides is 1. The molecule has 0 aliphatic carbocycles. The fourth-order valence-corrected chi connectivity index (χ4v) is 4.93. The van der Waals surface area contributed by atoms with E-state index in [2.05, 4.69) is 37.9 Å². The lowest BCUT2D eigenvalue weighted by Gasteiger charge is -2.31. The Labute approximate surface area is 234 Å². The number of para-hydroxylation sites is 1. The summed E-state index contributed by atoms with van der Waals surface area (Å²) in [6.45, 7) is 11.8. The molecule has 0 fully saturated rings. The first-order chi connectivity index (χ1) is 18.7. The highest BCUT2D eigenvalue weighted by Crippen LogP contribution is 2.37. The van der Waals surface area contributed by atoms with Crippen molar-refractivity contribution in [3.05, 3.63) is 77.9 Å². The lowest BCUT2D eigenvalue weighted by atomic mass is 10.0. The Morgan fingerprint density at radius 1 is 0.875 bits per heavy atom. The van der Waals surface area contributed by atoms with Crippen molar-refractivity contribution in [2.45, 2.75) is 46.5 Å². The molecular formula is C30H36F3N3O3S. The van der Waals surface area contributed by atoms with Gasteiger partial charge in [-0.15, -0.1) is 0 Å². The van der Waals surface area contributed by atoms with E-state index in [1.165, 1.54) is 18.2 Å². The zero-order chi connectivity index (χ0) is 29.7. The van der Waals surface area contributed by atoms with Gasteiger partial charge in [-0.25, -0.2) is 0 Å². The summed E-state index contributed by atoms with van der Waals surface area (Å²) in [5.74, 6) is 0.404. The normalized spacial score (nSPS) is 12.1. The largest absolute Gasteiger partial charge is 0.516 e. The molecule has 216 valence electrons. The van der Waals surface area contributed by atoms with Crippen LogP contribution in [0.25, 0.3) is 11.1 Å². The first kappa shape index (κ1) is 31.0. The first-order valence-electron chi connectivity index (χ1n) is 13.1. The average molecular weight is 576 g/mol. The van der Waals surface area contributed by atoms with E-state index in [1.54, 1.807) is 22.9 Å². The van der Waals surface area contributed by atoms with Crippen molar-refractivity contribution in [3.63, 3.8) is 0 Å². The van der Waals surface area contributed by atoms with Crippen molar-refractivity contribution in [2.24, 2.45) is 11.8 Å². The van der Waals surface area contributed by atoms with Crippen LogP contribution in [0, 0.1) is 18.8 Å². The third-order valence-corrected chi connectivity index (χ3v) is 7.15. The number of halogens is 3. The number of hydrogen-bond acceptors (Lipinski definition) is 4. The number of nitrogens with zero attached hydrogens (tertiary/aromatic N) is 1. The monoisotopic (exact) mass is 575 g/mol. The minimum atomic E-state index is -5.62. The number of sulfonamides is 1. The molecule has 3 aromatic carbocycles. The van der Waals surface area contributed by atoms with Gasteiger partial charge in [0, 0.05) is 18.7 Å². The van der Waals surface area contributed by atoms with Crippen molar-refractivity contribution in [1.29, 1.82) is 0 Å². The number of anilines is 3. The van der Waals surface area contributed by atoms with Crippen LogP contribution in [0.2, 0.25) is 0 Å². The number of benzene rings is 3. The van der Waals surface area contributed by atoms with E-state index in [4.69, 9.17) is 0 Å². The van der Waals surface area contributed by atoms with Gasteiger partial charge in [0.1, 0.15) is 0 Å². The smallest absolute Gasteiger partial charge is 0.369 e. The Morgan fingerprint density at radius 2 is 1.48 bits per heavy atom. The molecule has 0 aromatic heterocycles. The Kier molecular flexibility index (Phi) is 9.89. The van der Waals surface area contributed by atoms with Crippen molar-refractivity contribution >= 4 is 33.0 Å². The Bertz CT molecular complexity index is 1410. The molecule has 3 rings (SSSR count). The zero-order valence-corrected chi connectivity index (χ0v) is 24.2. The van der Waals surface area contributed by atoms with Gasteiger partial charge in [-0.3, -0.25) is 9.52 Å². The van der Waals surface area contributed by atoms with Gasteiger partial charge in [-0.05, 0) is 48.1 Å². The number of alkyl halides is 3. The van der Waals surface area contributed by atoms with Crippen LogP contribution in [-0.2, 0) is 21.2 Å². The highest BCUT2D eigenvalue weighted by Gasteiger charge is 2.46. The van der Waals surface area contributed by atoms with E-state index in [1.807, 2.05) is 37.3 Å². The molecule has 40 heavy (non-hydrogen) atoms. The minimum absolute atomic E-state index is 0.139. The second-order valence-corrected chi connectivity index (χ2v) is 12.4. The van der Waals surface area contributed by atoms with Crippen LogP contribution >= 0.6 is 0 Å². The number of rotatable bonds is 11. The van der Waals surface area contributed by atoms with Crippen molar-refractivity contribution < 1.29 is 26.4 Å². The summed E-state index contributed by atoms with van der Waals surface area (Å²) in [5.41, 5.74) is -1.80. The molecule has 0 aliphatic heterocycles. The summed E-state index contributed by atoms with van der Waals surface area (Å²) >= 11 is 0. The summed E-state index contributed by atoms with van der Waals surface area (Å²) in [5, 5.41) is 3.00. The van der Waals surface area contributed by atoms with E-state index in [-0.39, 0.29) is 23.6 Å². The molecule has 2 N–H and O–H groups in total. The molecule has 10 heteroatoms. The highest BCUT2D eigenvalue weighted by molar-refractivity contribution is 7.93. The Morgan fingerprint density at radius 3 is 2.05 bits per heavy atom. The molecule has 0 saturated heterocycles. The van der Waals surface area contributed by atoms with Gasteiger partial charge in [-0.1, -0.05) is 81.8 Å². The summed E-state index contributed by atoms with van der Waals surface area (Å²) in [6.07, 6.45) is 0.139. The van der Waals surface area contributed by atoms with Crippen LogP contribution in [-0.4, -0.2) is 32.9 Å². The van der Waals surface area contributed by atoms with Crippen LogP contribution < -0.4 is 14.9 Å². The van der Waals surface area contributed by atoms with Crippen LogP contribution in [0.5, 0.6) is 0 Å². The molecule has 0 bridgehead atoms. The Balaban J connectivity index is 2.07. The summed E-state index contributed by atoms with van der Waals surface area (Å²) in [6, 6.07) is 18.7. The van der Waals surface area contributed by atoms with E-state index >= 15 is 0 Å². The van der Waals surface area contributed by atoms with E-state index in [0.717, 1.165) is 29.9 Å². The van der Waals surface area contributed by atoms with E-state index < -0.39 is 15.5 Å². The molecule has 1 amide bonds. The van der Waals surface area contributed by atoms with E-state index in [9.17, 15) is 26.4 Å². The summed E-state index contributed by atoms with van der Waals surface area (Å²) in [7, 11) is -5.62. The van der Waals surface area contributed by atoms with Crippen molar-refractivity contribution in [1.82, 2.24) is 0 Å².